The molecule has 2 aromatic rings. The maximum Gasteiger partial charge on any atom is -0.0119 e. The first-order valence-corrected chi connectivity index (χ1v) is 8.19. The molecule has 2 rings (SSSR count). The molecule has 1 heteroatoms. The predicted molar refractivity (Wildman–Crippen MR) is 98.6 cm³/mol. The minimum absolute atomic E-state index is 0.115. The lowest BCUT2D eigenvalue weighted by atomic mass is 9.77. The highest BCUT2D eigenvalue weighted by atomic mass is 31.0. The fraction of sp³-hybridized carbons (Fsp3) is 0.400. The minimum Gasteiger partial charge on any atom is -0.105 e. The van der Waals surface area contributed by atoms with Gasteiger partial charge in [0.2, 0.25) is 0 Å². The maximum absolute atomic E-state index is 3.00. The van der Waals surface area contributed by atoms with Crippen LogP contribution in [0.4, 0.5) is 0 Å². The van der Waals surface area contributed by atoms with Gasteiger partial charge in [-0.15, -0.1) is 9.24 Å². The number of rotatable bonds is 1. The molecule has 1 unspecified atom stereocenters. The van der Waals surface area contributed by atoms with Gasteiger partial charge in [0.25, 0.3) is 0 Å². The molecule has 0 bridgehead atoms. The molecule has 0 aliphatic heterocycles. The molecule has 1 atom stereocenters. The van der Waals surface area contributed by atoms with E-state index in [0.29, 0.717) is 0 Å². The highest BCUT2D eigenvalue weighted by molar-refractivity contribution is 7.27. The average Bonchev–Trinajstić information content (AvgIpc) is 2.36. The topological polar surface area (TPSA) is 0 Å². The molecule has 112 valence electrons. The van der Waals surface area contributed by atoms with Gasteiger partial charge in [-0.2, -0.15) is 0 Å². The molecule has 0 saturated carbocycles. The monoisotopic (exact) mass is 298 g/mol. The molecule has 0 spiro atoms. The van der Waals surface area contributed by atoms with Gasteiger partial charge in [-0.05, 0) is 38.4 Å². The third-order valence-electron chi connectivity index (χ3n) is 3.89. The molecular formula is C20H27P. The van der Waals surface area contributed by atoms with Gasteiger partial charge in [0.1, 0.15) is 0 Å². The van der Waals surface area contributed by atoms with Gasteiger partial charge >= 0.3 is 0 Å². The van der Waals surface area contributed by atoms with E-state index in [0.717, 1.165) is 0 Å². The quantitative estimate of drug-likeness (QED) is 0.614. The third-order valence-corrected chi connectivity index (χ3v) is 4.49. The van der Waals surface area contributed by atoms with Crippen molar-refractivity contribution < 1.29 is 0 Å². The van der Waals surface area contributed by atoms with E-state index in [2.05, 4.69) is 93.2 Å². The van der Waals surface area contributed by atoms with Crippen LogP contribution in [0.3, 0.4) is 0 Å². The van der Waals surface area contributed by atoms with Crippen molar-refractivity contribution in [2.45, 2.75) is 52.4 Å². The van der Waals surface area contributed by atoms with Crippen LogP contribution in [0, 0.1) is 0 Å². The van der Waals surface area contributed by atoms with E-state index in [4.69, 9.17) is 0 Å². The SMILES string of the molecule is CC(C)(C)c1ccc(-c2ccccc2)c(C(C)(C)C)c1P. The minimum atomic E-state index is 0.115. The Morgan fingerprint density at radius 2 is 1.29 bits per heavy atom. The van der Waals surface area contributed by atoms with Crippen LogP contribution in [0.2, 0.25) is 0 Å². The highest BCUT2D eigenvalue weighted by Gasteiger charge is 2.26. The van der Waals surface area contributed by atoms with Gasteiger partial charge in [0.15, 0.2) is 0 Å². The van der Waals surface area contributed by atoms with E-state index in [9.17, 15) is 0 Å². The lowest BCUT2D eigenvalue weighted by Crippen LogP contribution is -2.27. The van der Waals surface area contributed by atoms with Crippen molar-refractivity contribution in [3.63, 3.8) is 0 Å². The number of benzene rings is 2. The van der Waals surface area contributed by atoms with Gasteiger partial charge in [-0.25, -0.2) is 0 Å². The van der Waals surface area contributed by atoms with E-state index in [1.54, 1.807) is 0 Å². The van der Waals surface area contributed by atoms with E-state index < -0.39 is 0 Å². The van der Waals surface area contributed by atoms with Gasteiger partial charge in [-0.1, -0.05) is 84.0 Å². The second-order valence-corrected chi connectivity index (χ2v) is 8.39. The summed E-state index contributed by atoms with van der Waals surface area (Å²) in [4.78, 5) is 0. The Balaban J connectivity index is 2.77. The van der Waals surface area contributed by atoms with Crippen LogP contribution in [-0.4, -0.2) is 0 Å². The van der Waals surface area contributed by atoms with E-state index in [-0.39, 0.29) is 10.8 Å². The second-order valence-electron chi connectivity index (χ2n) is 7.82. The Hall–Kier alpha value is -1.13. The molecule has 0 heterocycles. The summed E-state index contributed by atoms with van der Waals surface area (Å²) in [5.41, 5.74) is 5.77. The van der Waals surface area contributed by atoms with Crippen molar-refractivity contribution in [2.75, 3.05) is 0 Å². The van der Waals surface area contributed by atoms with E-state index in [1.807, 2.05) is 0 Å². The van der Waals surface area contributed by atoms with Crippen LogP contribution >= 0.6 is 9.24 Å². The summed E-state index contributed by atoms with van der Waals surface area (Å²) in [5, 5.41) is 1.36. The third kappa shape index (κ3) is 3.38. The molecule has 0 aromatic heterocycles. The maximum atomic E-state index is 3.00. The fourth-order valence-corrected chi connectivity index (χ4v) is 4.06. The summed E-state index contributed by atoms with van der Waals surface area (Å²) in [7, 11) is 3.00. The molecule has 0 nitrogen and oxygen atoms in total. The summed E-state index contributed by atoms with van der Waals surface area (Å²) in [5.74, 6) is 0. The summed E-state index contributed by atoms with van der Waals surface area (Å²) in [6.45, 7) is 13.7. The van der Waals surface area contributed by atoms with Crippen molar-refractivity contribution in [1.29, 1.82) is 0 Å². The van der Waals surface area contributed by atoms with Crippen molar-refractivity contribution in [2.24, 2.45) is 0 Å². The summed E-state index contributed by atoms with van der Waals surface area (Å²) < 4.78 is 0. The molecule has 2 aromatic carbocycles. The van der Waals surface area contributed by atoms with Crippen LogP contribution in [0.1, 0.15) is 52.7 Å². The Kier molecular flexibility index (Phi) is 4.31. The van der Waals surface area contributed by atoms with Crippen LogP contribution in [0.5, 0.6) is 0 Å². The zero-order chi connectivity index (χ0) is 15.8. The van der Waals surface area contributed by atoms with E-state index in [1.165, 1.54) is 27.6 Å². The molecule has 0 saturated heterocycles. The normalized spacial score (nSPS) is 12.5. The Morgan fingerprint density at radius 3 is 1.76 bits per heavy atom. The Bertz CT molecular complexity index is 625. The molecule has 0 aliphatic rings. The number of hydrogen-bond donors (Lipinski definition) is 0. The highest BCUT2D eigenvalue weighted by Crippen LogP contribution is 2.36. The van der Waals surface area contributed by atoms with Crippen LogP contribution in [0.25, 0.3) is 11.1 Å². The Labute approximate surface area is 132 Å². The zero-order valence-electron chi connectivity index (χ0n) is 14.1. The van der Waals surface area contributed by atoms with Crippen LogP contribution in [-0.2, 0) is 10.8 Å². The van der Waals surface area contributed by atoms with Crippen molar-refractivity contribution in [1.82, 2.24) is 0 Å². The lowest BCUT2D eigenvalue weighted by molar-refractivity contribution is 0.577. The summed E-state index contributed by atoms with van der Waals surface area (Å²) in [6, 6.07) is 15.3. The summed E-state index contributed by atoms with van der Waals surface area (Å²) in [6.07, 6.45) is 0. The molecule has 0 aliphatic carbocycles. The smallest absolute Gasteiger partial charge is 0.0119 e. The van der Waals surface area contributed by atoms with Crippen molar-refractivity contribution in [3.8, 4) is 11.1 Å². The van der Waals surface area contributed by atoms with Gasteiger partial charge < -0.3 is 0 Å². The first-order chi connectivity index (χ1) is 9.62. The van der Waals surface area contributed by atoms with E-state index >= 15 is 0 Å². The first-order valence-electron chi connectivity index (χ1n) is 7.61. The molecule has 0 fully saturated rings. The summed E-state index contributed by atoms with van der Waals surface area (Å²) >= 11 is 0. The zero-order valence-corrected chi connectivity index (χ0v) is 15.3. The van der Waals surface area contributed by atoms with Crippen LogP contribution < -0.4 is 5.30 Å². The first kappa shape index (κ1) is 16.2. The molecular weight excluding hydrogens is 271 g/mol. The van der Waals surface area contributed by atoms with Crippen LogP contribution in [0.15, 0.2) is 42.5 Å². The molecule has 0 N–H and O–H groups in total. The predicted octanol–water partition coefficient (Wildman–Crippen LogP) is 5.45. The lowest BCUT2D eigenvalue weighted by Gasteiger charge is -2.31. The largest absolute Gasteiger partial charge is 0.105 e. The molecule has 0 amide bonds. The second kappa shape index (κ2) is 5.58. The number of hydrogen-bond acceptors (Lipinski definition) is 0. The average molecular weight is 298 g/mol. The van der Waals surface area contributed by atoms with Gasteiger partial charge in [0, 0.05) is 0 Å². The standard InChI is InChI=1S/C20H27P/c1-19(2,3)16-13-12-15(14-10-8-7-9-11-14)17(18(16)21)20(4,5)6/h7-13H,21H2,1-6H3. The molecule has 21 heavy (non-hydrogen) atoms. The van der Waals surface area contributed by atoms with Crippen molar-refractivity contribution in [3.05, 3.63) is 53.6 Å². The van der Waals surface area contributed by atoms with Gasteiger partial charge in [-0.3, -0.25) is 0 Å². The van der Waals surface area contributed by atoms with Gasteiger partial charge in [0.05, 0.1) is 0 Å². The molecule has 0 radical (unpaired) electrons. The Morgan fingerprint density at radius 1 is 0.714 bits per heavy atom. The van der Waals surface area contributed by atoms with Crippen molar-refractivity contribution >= 4 is 14.5 Å². The fourth-order valence-electron chi connectivity index (χ4n) is 2.94.